The van der Waals surface area contributed by atoms with Gasteiger partial charge in [0.1, 0.15) is 5.03 Å². The molecule has 0 bridgehead atoms. The number of nitrogens with zero attached hydrogens (tertiary/aromatic N) is 3. The summed E-state index contributed by atoms with van der Waals surface area (Å²) in [4.78, 5) is 23.1. The fourth-order valence-corrected chi connectivity index (χ4v) is 4.46. The van der Waals surface area contributed by atoms with Crippen molar-refractivity contribution in [3.63, 3.8) is 0 Å². The van der Waals surface area contributed by atoms with Gasteiger partial charge in [0.25, 0.3) is 5.91 Å². The highest BCUT2D eigenvalue weighted by Gasteiger charge is 2.32. The average Bonchev–Trinajstić information content (AvgIpc) is 3.55. The lowest BCUT2D eigenvalue weighted by atomic mass is 10.1. The zero-order valence-corrected chi connectivity index (χ0v) is 16.5. The molecular formula is C21H26N4OS. The molecule has 0 radical (unpaired) electrons. The van der Waals surface area contributed by atoms with Gasteiger partial charge in [-0.3, -0.25) is 9.69 Å². The van der Waals surface area contributed by atoms with Crippen LogP contribution in [-0.4, -0.2) is 60.0 Å². The molecule has 4 rings (SSSR count). The Morgan fingerprint density at radius 3 is 2.67 bits per heavy atom. The zero-order valence-electron chi connectivity index (χ0n) is 15.7. The Labute approximate surface area is 165 Å². The summed E-state index contributed by atoms with van der Waals surface area (Å²) in [6.07, 6.45) is 4.46. The molecule has 27 heavy (non-hydrogen) atoms. The largest absolute Gasteiger partial charge is 0.336 e. The number of hydrogen-bond donors (Lipinski definition) is 1. The molecule has 0 atom stereocenters. The fourth-order valence-electron chi connectivity index (χ4n) is 3.57. The van der Waals surface area contributed by atoms with Crippen LogP contribution in [0.4, 0.5) is 0 Å². The third-order valence-corrected chi connectivity index (χ3v) is 6.26. The van der Waals surface area contributed by atoms with Gasteiger partial charge in [-0.15, -0.1) is 0 Å². The number of piperazine rings is 1. The van der Waals surface area contributed by atoms with E-state index in [1.54, 1.807) is 18.0 Å². The number of aromatic nitrogens is 1. The molecule has 5 nitrogen and oxygen atoms in total. The number of hydrogen-bond acceptors (Lipinski definition) is 5. The van der Waals surface area contributed by atoms with Crippen LogP contribution in [0.1, 0.15) is 28.8 Å². The molecule has 2 heterocycles. The monoisotopic (exact) mass is 382 g/mol. The molecule has 1 aromatic heterocycles. The Kier molecular flexibility index (Phi) is 5.76. The van der Waals surface area contributed by atoms with Gasteiger partial charge in [-0.2, -0.15) is 0 Å². The topological polar surface area (TPSA) is 48.5 Å². The average molecular weight is 383 g/mol. The molecule has 1 aliphatic carbocycles. The van der Waals surface area contributed by atoms with E-state index in [1.165, 1.54) is 12.8 Å². The molecule has 0 unspecified atom stereocenters. The molecule has 1 N–H and O–H groups in total. The summed E-state index contributed by atoms with van der Waals surface area (Å²) >= 11 is 1.64. The van der Waals surface area contributed by atoms with E-state index in [4.69, 9.17) is 0 Å². The van der Waals surface area contributed by atoms with Gasteiger partial charge >= 0.3 is 0 Å². The first kappa shape index (κ1) is 18.5. The van der Waals surface area contributed by atoms with Crippen molar-refractivity contribution in [3.05, 3.63) is 53.7 Å². The molecule has 6 heteroatoms. The van der Waals surface area contributed by atoms with Crippen LogP contribution in [0.15, 0.2) is 52.5 Å². The number of benzene rings is 1. The van der Waals surface area contributed by atoms with E-state index in [0.717, 1.165) is 59.8 Å². The highest BCUT2D eigenvalue weighted by molar-refractivity contribution is 7.99. The maximum atomic E-state index is 13.0. The van der Waals surface area contributed by atoms with Crippen LogP contribution in [0, 0.1) is 0 Å². The molecule has 2 aromatic rings. The Morgan fingerprint density at radius 2 is 2.00 bits per heavy atom. The Morgan fingerprint density at radius 1 is 1.19 bits per heavy atom. The van der Waals surface area contributed by atoms with E-state index in [0.29, 0.717) is 0 Å². The van der Waals surface area contributed by atoms with E-state index < -0.39 is 0 Å². The fraction of sp³-hybridized carbons (Fsp3) is 0.429. The van der Waals surface area contributed by atoms with Crippen molar-refractivity contribution < 1.29 is 4.79 Å². The molecule has 2 aliphatic rings. The highest BCUT2D eigenvalue weighted by Crippen LogP contribution is 2.31. The van der Waals surface area contributed by atoms with Crippen molar-refractivity contribution in [1.82, 2.24) is 20.1 Å². The molecule has 1 aliphatic heterocycles. The predicted molar refractivity (Wildman–Crippen MR) is 108 cm³/mol. The van der Waals surface area contributed by atoms with Crippen LogP contribution in [0.25, 0.3) is 0 Å². The number of carbonyl (C=O) groups excluding carboxylic acids is 1. The standard InChI is InChI=1S/C21H26N4OS/c1-22-15-17-14-16(5-8-19(17)27-20-4-2-3-9-23-20)21(26)25-12-10-24(11-13-25)18-6-7-18/h2-5,8-9,14,18,22H,6-7,10-13,15H2,1H3. The smallest absolute Gasteiger partial charge is 0.253 e. The van der Waals surface area contributed by atoms with E-state index >= 15 is 0 Å². The summed E-state index contributed by atoms with van der Waals surface area (Å²) < 4.78 is 0. The van der Waals surface area contributed by atoms with Crippen LogP contribution in [-0.2, 0) is 6.54 Å². The third kappa shape index (κ3) is 4.51. The first-order chi connectivity index (χ1) is 13.2. The van der Waals surface area contributed by atoms with Crippen LogP contribution in [0.2, 0.25) is 0 Å². The maximum absolute atomic E-state index is 13.0. The van der Waals surface area contributed by atoms with Gasteiger partial charge in [0.15, 0.2) is 0 Å². The van der Waals surface area contributed by atoms with Crippen molar-refractivity contribution >= 4 is 17.7 Å². The second-order valence-corrected chi connectivity index (χ2v) is 8.24. The Hall–Kier alpha value is -1.89. The van der Waals surface area contributed by atoms with E-state index in [9.17, 15) is 4.79 Å². The lowest BCUT2D eigenvalue weighted by Gasteiger charge is -2.35. The van der Waals surface area contributed by atoms with Gasteiger partial charge in [-0.1, -0.05) is 17.8 Å². The summed E-state index contributed by atoms with van der Waals surface area (Å²) in [6, 6.07) is 12.8. The number of pyridine rings is 1. The minimum Gasteiger partial charge on any atom is -0.336 e. The van der Waals surface area contributed by atoms with Crippen LogP contribution in [0.3, 0.4) is 0 Å². The Balaban J connectivity index is 1.47. The van der Waals surface area contributed by atoms with Crippen molar-refractivity contribution in [2.45, 2.75) is 35.3 Å². The first-order valence-electron chi connectivity index (χ1n) is 9.64. The Bertz CT molecular complexity index is 786. The molecule has 1 aromatic carbocycles. The van der Waals surface area contributed by atoms with Crippen LogP contribution >= 0.6 is 11.8 Å². The second-order valence-electron chi connectivity index (χ2n) is 7.18. The number of rotatable bonds is 6. The summed E-state index contributed by atoms with van der Waals surface area (Å²) in [6.45, 7) is 4.41. The van der Waals surface area contributed by atoms with Gasteiger partial charge in [0, 0.05) is 55.4 Å². The van der Waals surface area contributed by atoms with E-state index in [2.05, 4.69) is 21.3 Å². The minimum absolute atomic E-state index is 0.150. The molecular weight excluding hydrogens is 356 g/mol. The first-order valence-corrected chi connectivity index (χ1v) is 10.5. The van der Waals surface area contributed by atoms with E-state index in [-0.39, 0.29) is 5.91 Å². The third-order valence-electron chi connectivity index (χ3n) is 5.19. The van der Waals surface area contributed by atoms with E-state index in [1.807, 2.05) is 42.3 Å². The zero-order chi connectivity index (χ0) is 18.6. The lowest BCUT2D eigenvalue weighted by Crippen LogP contribution is -2.49. The molecule has 1 amide bonds. The molecule has 2 fully saturated rings. The molecule has 0 spiro atoms. The quantitative estimate of drug-likeness (QED) is 0.833. The summed E-state index contributed by atoms with van der Waals surface area (Å²) in [7, 11) is 1.93. The predicted octanol–water partition coefficient (Wildman–Crippen LogP) is 2.87. The maximum Gasteiger partial charge on any atom is 0.253 e. The SMILES string of the molecule is CNCc1cc(C(=O)N2CCN(C3CC3)CC2)ccc1Sc1ccccn1. The van der Waals surface area contributed by atoms with Crippen molar-refractivity contribution in [2.24, 2.45) is 0 Å². The molecule has 1 saturated carbocycles. The van der Waals surface area contributed by atoms with Gasteiger partial charge in [0.2, 0.25) is 0 Å². The summed E-state index contributed by atoms with van der Waals surface area (Å²) in [5, 5.41) is 4.18. The van der Waals surface area contributed by atoms with Crippen LogP contribution in [0.5, 0.6) is 0 Å². The second kappa shape index (κ2) is 8.42. The van der Waals surface area contributed by atoms with Gasteiger partial charge in [-0.05, 0) is 55.8 Å². The van der Waals surface area contributed by atoms with Crippen LogP contribution < -0.4 is 5.32 Å². The lowest BCUT2D eigenvalue weighted by molar-refractivity contribution is 0.0627. The van der Waals surface area contributed by atoms with Crippen molar-refractivity contribution in [1.29, 1.82) is 0 Å². The summed E-state index contributed by atoms with van der Waals surface area (Å²) in [5.41, 5.74) is 1.92. The molecule has 1 saturated heterocycles. The van der Waals surface area contributed by atoms with Gasteiger partial charge in [0.05, 0.1) is 0 Å². The number of amides is 1. The van der Waals surface area contributed by atoms with Gasteiger partial charge < -0.3 is 10.2 Å². The minimum atomic E-state index is 0.150. The highest BCUT2D eigenvalue weighted by atomic mass is 32.2. The molecule has 142 valence electrons. The summed E-state index contributed by atoms with van der Waals surface area (Å²) in [5.74, 6) is 0.150. The number of nitrogens with one attached hydrogen (secondary N) is 1. The van der Waals surface area contributed by atoms with Gasteiger partial charge in [-0.25, -0.2) is 4.98 Å². The van der Waals surface area contributed by atoms with Crippen molar-refractivity contribution in [3.8, 4) is 0 Å². The normalized spacial score (nSPS) is 17.9. The number of carbonyl (C=O) groups is 1. The van der Waals surface area contributed by atoms with Crippen molar-refractivity contribution in [2.75, 3.05) is 33.2 Å².